The topological polar surface area (TPSA) is 146 Å². The van der Waals surface area contributed by atoms with E-state index < -0.39 is 30.4 Å². The molecule has 1 aliphatic carbocycles. The molecule has 0 spiro atoms. The number of nitrogens with one attached hydrogen (secondary N) is 3. The van der Waals surface area contributed by atoms with E-state index in [0.29, 0.717) is 5.82 Å². The van der Waals surface area contributed by atoms with Crippen LogP contribution in [0.25, 0.3) is 11.1 Å². The maximum absolute atomic E-state index is 12.4. The maximum Gasteiger partial charge on any atom is 0.407 e. The van der Waals surface area contributed by atoms with E-state index in [1.807, 2.05) is 48.5 Å². The van der Waals surface area contributed by atoms with Gasteiger partial charge in [0.25, 0.3) is 0 Å². The van der Waals surface area contributed by atoms with Crippen LogP contribution in [0, 0.1) is 0 Å². The number of alkyl carbamates (subject to hydrolysis) is 1. The summed E-state index contributed by atoms with van der Waals surface area (Å²) in [4.78, 5) is 39.8. The number of hydrogen-bond acceptors (Lipinski definition) is 6. The maximum atomic E-state index is 12.4. The van der Waals surface area contributed by atoms with Gasteiger partial charge < -0.3 is 20.5 Å². The van der Waals surface area contributed by atoms with Crippen molar-refractivity contribution in [3.8, 4) is 11.1 Å². The zero-order chi connectivity index (χ0) is 22.5. The van der Waals surface area contributed by atoms with E-state index in [2.05, 4.69) is 25.8 Å². The Balaban J connectivity index is 1.39. The monoisotopic (exact) mass is 435 g/mol. The van der Waals surface area contributed by atoms with Crippen molar-refractivity contribution in [1.82, 2.24) is 25.8 Å². The number of fused-ring (bicyclic) bond motifs is 3. The number of aromatic nitrogens is 3. The lowest BCUT2D eigenvalue weighted by atomic mass is 9.98. The zero-order valence-corrected chi connectivity index (χ0v) is 16.9. The fraction of sp³-hybridized carbons (Fsp3) is 0.227. The smallest absolute Gasteiger partial charge is 0.407 e. The van der Waals surface area contributed by atoms with Crippen LogP contribution in [0.15, 0.2) is 54.9 Å². The van der Waals surface area contributed by atoms with Crippen LogP contribution in [0.1, 0.15) is 29.3 Å². The van der Waals surface area contributed by atoms with E-state index in [1.165, 1.54) is 6.33 Å². The summed E-state index contributed by atoms with van der Waals surface area (Å²) >= 11 is 0. The fourth-order valence-corrected chi connectivity index (χ4v) is 3.78. The van der Waals surface area contributed by atoms with E-state index in [1.54, 1.807) is 0 Å². The second-order valence-corrected chi connectivity index (χ2v) is 7.27. The van der Waals surface area contributed by atoms with Crippen molar-refractivity contribution in [2.24, 2.45) is 0 Å². The van der Waals surface area contributed by atoms with Gasteiger partial charge in [-0.15, -0.1) is 0 Å². The minimum Gasteiger partial charge on any atom is -0.481 e. The molecule has 164 valence electrons. The van der Waals surface area contributed by atoms with Gasteiger partial charge in [-0.2, -0.15) is 5.10 Å². The number of ether oxygens (including phenoxy) is 1. The van der Waals surface area contributed by atoms with Crippen LogP contribution in [0.5, 0.6) is 0 Å². The molecule has 1 atom stereocenters. The van der Waals surface area contributed by atoms with Crippen LogP contribution in [0.3, 0.4) is 0 Å². The Labute approximate surface area is 183 Å². The summed E-state index contributed by atoms with van der Waals surface area (Å²) in [6, 6.07) is 14.5. The molecule has 0 saturated heterocycles. The number of amides is 2. The Hall–Kier alpha value is -4.21. The van der Waals surface area contributed by atoms with Crippen molar-refractivity contribution >= 4 is 18.0 Å². The van der Waals surface area contributed by atoms with Gasteiger partial charge in [0.15, 0.2) is 0 Å². The molecule has 10 nitrogen and oxygen atoms in total. The average molecular weight is 435 g/mol. The highest BCUT2D eigenvalue weighted by Crippen LogP contribution is 2.44. The molecule has 4 rings (SSSR count). The largest absolute Gasteiger partial charge is 0.481 e. The van der Waals surface area contributed by atoms with Gasteiger partial charge in [-0.05, 0) is 22.3 Å². The first kappa shape index (κ1) is 21.0. The quantitative estimate of drug-likeness (QED) is 0.422. The number of carboxylic acid groups (broad SMARTS) is 1. The molecule has 2 amide bonds. The second kappa shape index (κ2) is 9.29. The lowest BCUT2D eigenvalue weighted by Crippen LogP contribution is -2.48. The van der Waals surface area contributed by atoms with E-state index in [9.17, 15) is 14.4 Å². The highest BCUT2D eigenvalue weighted by atomic mass is 16.5. The Morgan fingerprint density at radius 3 is 2.31 bits per heavy atom. The van der Waals surface area contributed by atoms with Crippen LogP contribution in [-0.4, -0.2) is 50.9 Å². The number of carboxylic acids is 1. The predicted molar refractivity (Wildman–Crippen MR) is 112 cm³/mol. The van der Waals surface area contributed by atoms with Crippen LogP contribution < -0.4 is 10.6 Å². The summed E-state index contributed by atoms with van der Waals surface area (Å²) in [6.45, 7) is 0.0701. The third-order valence-electron chi connectivity index (χ3n) is 5.23. The number of benzene rings is 2. The molecule has 0 bridgehead atoms. The van der Waals surface area contributed by atoms with Crippen molar-refractivity contribution in [3.63, 3.8) is 0 Å². The summed E-state index contributed by atoms with van der Waals surface area (Å²) in [5.74, 6) is -1.65. The van der Waals surface area contributed by atoms with E-state index in [-0.39, 0.29) is 19.1 Å². The van der Waals surface area contributed by atoms with Crippen molar-refractivity contribution in [3.05, 3.63) is 71.8 Å². The number of nitrogens with zero attached hydrogens (tertiary/aromatic N) is 2. The number of H-pyrrole nitrogens is 1. The van der Waals surface area contributed by atoms with Gasteiger partial charge in [0.05, 0.1) is 13.0 Å². The van der Waals surface area contributed by atoms with Gasteiger partial charge in [-0.1, -0.05) is 48.5 Å². The van der Waals surface area contributed by atoms with Gasteiger partial charge in [0.2, 0.25) is 5.91 Å². The molecule has 1 aliphatic rings. The van der Waals surface area contributed by atoms with Crippen LogP contribution >= 0.6 is 0 Å². The molecule has 10 heteroatoms. The molecule has 0 aliphatic heterocycles. The van der Waals surface area contributed by atoms with Crippen molar-refractivity contribution < 1.29 is 24.2 Å². The fourth-order valence-electron chi connectivity index (χ4n) is 3.78. The molecule has 1 aromatic heterocycles. The highest BCUT2D eigenvalue weighted by Gasteiger charge is 2.30. The van der Waals surface area contributed by atoms with Gasteiger partial charge in [0.1, 0.15) is 24.8 Å². The number of aliphatic carboxylic acids is 1. The molecule has 2 aromatic carbocycles. The van der Waals surface area contributed by atoms with Crippen molar-refractivity contribution in [2.75, 3.05) is 6.61 Å². The molecule has 0 saturated carbocycles. The lowest BCUT2D eigenvalue weighted by molar-refractivity contribution is -0.139. The number of carbonyl (C=O) groups is 3. The van der Waals surface area contributed by atoms with Crippen LogP contribution in [0.2, 0.25) is 0 Å². The minimum absolute atomic E-state index is 0.0152. The number of carbonyl (C=O) groups excluding carboxylic acids is 2. The first-order valence-corrected chi connectivity index (χ1v) is 9.98. The second-order valence-electron chi connectivity index (χ2n) is 7.27. The molecular formula is C22H21N5O5. The molecule has 32 heavy (non-hydrogen) atoms. The lowest BCUT2D eigenvalue weighted by Gasteiger charge is -2.18. The van der Waals surface area contributed by atoms with E-state index >= 15 is 0 Å². The molecule has 1 heterocycles. The Morgan fingerprint density at radius 1 is 1.06 bits per heavy atom. The number of hydrogen-bond donors (Lipinski definition) is 4. The summed E-state index contributed by atoms with van der Waals surface area (Å²) in [7, 11) is 0. The summed E-state index contributed by atoms with van der Waals surface area (Å²) < 4.78 is 5.40. The van der Waals surface area contributed by atoms with Crippen molar-refractivity contribution in [2.45, 2.75) is 24.9 Å². The summed E-state index contributed by atoms with van der Waals surface area (Å²) in [6.07, 6.45) is -0.176. The molecule has 3 aromatic rings. The van der Waals surface area contributed by atoms with Crippen LogP contribution in [0.4, 0.5) is 4.79 Å². The Morgan fingerprint density at radius 2 is 1.72 bits per heavy atom. The normalized spacial score (nSPS) is 13.0. The highest BCUT2D eigenvalue weighted by molar-refractivity contribution is 5.89. The first-order chi connectivity index (χ1) is 15.5. The third-order valence-corrected chi connectivity index (χ3v) is 5.23. The Kier molecular flexibility index (Phi) is 6.11. The van der Waals surface area contributed by atoms with Gasteiger partial charge >= 0.3 is 12.1 Å². The molecule has 1 unspecified atom stereocenters. The SMILES string of the molecule is O=C(O)CC(NC(=O)OCC1c2ccccc2-c2ccccc21)C(=O)NCc1ncn[nH]1. The molecule has 4 N–H and O–H groups in total. The van der Waals surface area contributed by atoms with Gasteiger partial charge in [-0.25, -0.2) is 9.78 Å². The summed E-state index contributed by atoms with van der Waals surface area (Å²) in [5, 5.41) is 20.2. The zero-order valence-electron chi connectivity index (χ0n) is 16.9. The van der Waals surface area contributed by atoms with Gasteiger partial charge in [0, 0.05) is 5.92 Å². The minimum atomic E-state index is -1.30. The third kappa shape index (κ3) is 4.59. The standard InChI is InChI=1S/C22H21N5O5/c28-20(29)9-18(21(30)23-10-19-24-12-25-27-19)26-22(31)32-11-17-15-7-3-1-5-13(15)14-6-2-4-8-16(14)17/h1-8,12,17-18H,9-11H2,(H,23,30)(H,26,31)(H,28,29)(H,24,25,27). The Bertz CT molecular complexity index is 1090. The predicted octanol–water partition coefficient (Wildman–Crippen LogP) is 1.80. The van der Waals surface area contributed by atoms with Gasteiger partial charge in [-0.3, -0.25) is 14.7 Å². The molecular weight excluding hydrogens is 414 g/mol. The molecule has 0 fully saturated rings. The van der Waals surface area contributed by atoms with Crippen molar-refractivity contribution in [1.29, 1.82) is 0 Å². The number of rotatable bonds is 8. The van der Waals surface area contributed by atoms with E-state index in [0.717, 1.165) is 22.3 Å². The van der Waals surface area contributed by atoms with E-state index in [4.69, 9.17) is 9.84 Å². The molecule has 0 radical (unpaired) electrons. The number of aromatic amines is 1. The van der Waals surface area contributed by atoms with Crippen LogP contribution in [-0.2, 0) is 20.9 Å². The first-order valence-electron chi connectivity index (χ1n) is 9.98. The average Bonchev–Trinajstić information content (AvgIpc) is 3.41. The summed E-state index contributed by atoms with van der Waals surface area (Å²) in [5.41, 5.74) is 4.28.